The number of aromatic nitrogens is 1. The predicted molar refractivity (Wildman–Crippen MR) is 75.7 cm³/mol. The first-order chi connectivity index (χ1) is 9.10. The van der Waals surface area contributed by atoms with Crippen LogP contribution in [0, 0.1) is 5.92 Å². The fourth-order valence-electron chi connectivity index (χ4n) is 2.08. The van der Waals surface area contributed by atoms with Crippen molar-refractivity contribution in [1.29, 1.82) is 0 Å². The van der Waals surface area contributed by atoms with Gasteiger partial charge >= 0.3 is 117 Å². The molecule has 0 radical (unpaired) electrons. The molecule has 19 heavy (non-hydrogen) atoms. The molecule has 1 aromatic heterocycles. The second-order valence-electron chi connectivity index (χ2n) is 4.57. The molecule has 0 aliphatic carbocycles. The summed E-state index contributed by atoms with van der Waals surface area (Å²) in [5, 5.41) is 0.722. The molecule has 1 aromatic carbocycles. The van der Waals surface area contributed by atoms with Crippen LogP contribution in [0.5, 0.6) is 0 Å². The van der Waals surface area contributed by atoms with Crippen LogP contribution < -0.4 is 5.56 Å². The molecule has 102 valence electrons. The molecule has 2 rings (SSSR count). The molecule has 0 aliphatic heterocycles. The van der Waals surface area contributed by atoms with E-state index in [4.69, 9.17) is 4.74 Å². The van der Waals surface area contributed by atoms with Crippen LogP contribution in [0.25, 0.3) is 9.65 Å². The summed E-state index contributed by atoms with van der Waals surface area (Å²) in [6.45, 7) is 4.00. The summed E-state index contributed by atoms with van der Waals surface area (Å²) < 4.78 is 7.60. The third kappa shape index (κ3) is 2.53. The van der Waals surface area contributed by atoms with Crippen LogP contribution >= 0.6 is 0 Å². The molecule has 4 nitrogen and oxygen atoms in total. The van der Waals surface area contributed by atoms with Crippen molar-refractivity contribution in [3.8, 4) is 0 Å². The quantitative estimate of drug-likeness (QED) is 0.636. The number of hydrogen-bond donors (Lipinski definition) is 0. The molecule has 0 spiro atoms. The zero-order valence-electron chi connectivity index (χ0n) is 11.3. The summed E-state index contributed by atoms with van der Waals surface area (Å²) in [4.78, 5) is 24.4. The van der Waals surface area contributed by atoms with Crippen molar-refractivity contribution in [1.82, 2.24) is 3.56 Å². The normalized spacial score (nSPS) is 14.3. The van der Waals surface area contributed by atoms with Crippen molar-refractivity contribution in [3.63, 3.8) is 0 Å². The van der Waals surface area contributed by atoms with Crippen molar-refractivity contribution in [2.75, 3.05) is 7.11 Å². The van der Waals surface area contributed by atoms with Crippen LogP contribution in [0.15, 0.2) is 29.1 Å². The topological polar surface area (TPSA) is 48.3 Å². The van der Waals surface area contributed by atoms with Crippen LogP contribution in [0.2, 0.25) is 0 Å². The van der Waals surface area contributed by atoms with Gasteiger partial charge in [0.1, 0.15) is 0 Å². The van der Waals surface area contributed by atoms with Gasteiger partial charge in [0.25, 0.3) is 0 Å². The summed E-state index contributed by atoms with van der Waals surface area (Å²) in [5.41, 5.74) is -0.0497. The van der Waals surface area contributed by atoms with E-state index in [1.807, 2.05) is 38.1 Å². The monoisotopic (exact) mass is 327 g/mol. The first kappa shape index (κ1) is 14.1. The number of carbonyl (C=O) groups is 1. The molecule has 0 N–H and O–H groups in total. The van der Waals surface area contributed by atoms with E-state index >= 15 is 0 Å². The Balaban J connectivity index is 2.59. The Kier molecular flexibility index (Phi) is 4.27. The Bertz CT molecular complexity index is 643. The van der Waals surface area contributed by atoms with Crippen LogP contribution in [0.4, 0.5) is 0 Å². The molecule has 0 aliphatic rings. The Morgan fingerprint density at radius 2 is 2.11 bits per heavy atom. The molecule has 0 amide bonds. The second-order valence-corrected chi connectivity index (χ2v) is 6.70. The van der Waals surface area contributed by atoms with E-state index in [0.29, 0.717) is 0 Å². The van der Waals surface area contributed by atoms with Crippen molar-refractivity contribution < 1.29 is 9.53 Å². The van der Waals surface area contributed by atoms with Gasteiger partial charge in [0, 0.05) is 0 Å². The zero-order chi connectivity index (χ0) is 14.0. The first-order valence-electron chi connectivity index (χ1n) is 6.28. The number of esters is 1. The van der Waals surface area contributed by atoms with E-state index in [9.17, 15) is 9.59 Å². The van der Waals surface area contributed by atoms with Gasteiger partial charge < -0.3 is 0 Å². The fourth-order valence-corrected chi connectivity index (χ4v) is 4.58. The van der Waals surface area contributed by atoms with Gasteiger partial charge in [-0.2, -0.15) is 0 Å². The van der Waals surface area contributed by atoms with Gasteiger partial charge in [-0.1, -0.05) is 0 Å². The second kappa shape index (κ2) is 5.76. The van der Waals surface area contributed by atoms with Crippen molar-refractivity contribution in [2.24, 2.45) is 5.92 Å². The van der Waals surface area contributed by atoms with Crippen LogP contribution in [-0.4, -0.2) is 31.4 Å². The number of carbonyl (C=O) groups excluding carboxylic acids is 1. The average Bonchev–Trinajstić information content (AvgIpc) is 2.76. The van der Waals surface area contributed by atoms with Gasteiger partial charge in [-0.25, -0.2) is 0 Å². The molecule has 2 atom stereocenters. The first-order valence-corrected chi connectivity index (χ1v) is 7.90. The molecule has 0 saturated heterocycles. The molecule has 1 unspecified atom stereocenters. The molecule has 5 heteroatoms. The SMILES string of the molecule is CCC(C)[C@@H](C(=O)OC)n1[se]c2ccccc2c1=O. The Hall–Kier alpha value is -1.32. The standard InChI is InChI=1S/C14H17NO3Se/c1-4-9(2)12(14(17)18-3)15-13(16)10-7-5-6-8-11(10)19-15/h5-9,12H,4H2,1-3H3/t9?,12-/m0/s1. The molecular formula is C14H17NO3Se. The number of methoxy groups -OCH3 is 1. The summed E-state index contributed by atoms with van der Waals surface area (Å²) >= 11 is -0.143. The van der Waals surface area contributed by atoms with Crippen molar-refractivity contribution in [2.45, 2.75) is 26.3 Å². The molecular weight excluding hydrogens is 309 g/mol. The summed E-state index contributed by atoms with van der Waals surface area (Å²) in [6, 6.07) is 7.08. The molecule has 0 fully saturated rings. The number of benzene rings is 1. The fraction of sp³-hybridized carbons (Fsp3) is 0.429. The van der Waals surface area contributed by atoms with Gasteiger partial charge in [-0.05, 0) is 0 Å². The van der Waals surface area contributed by atoms with Gasteiger partial charge in [-0.3, -0.25) is 0 Å². The minimum absolute atomic E-state index is 0.0497. The van der Waals surface area contributed by atoms with Gasteiger partial charge in [0.15, 0.2) is 0 Å². The summed E-state index contributed by atoms with van der Waals surface area (Å²) in [5.74, 6) is -0.232. The average molecular weight is 326 g/mol. The number of rotatable bonds is 4. The van der Waals surface area contributed by atoms with Gasteiger partial charge in [0.2, 0.25) is 0 Å². The van der Waals surface area contributed by atoms with E-state index in [2.05, 4.69) is 0 Å². The zero-order valence-corrected chi connectivity index (χ0v) is 13.0. The molecule has 0 bridgehead atoms. The van der Waals surface area contributed by atoms with Crippen molar-refractivity contribution >= 4 is 30.3 Å². The molecule has 1 heterocycles. The van der Waals surface area contributed by atoms with E-state index in [0.717, 1.165) is 16.1 Å². The third-order valence-corrected chi connectivity index (χ3v) is 5.79. The van der Waals surface area contributed by atoms with E-state index in [-0.39, 0.29) is 32.2 Å². The Morgan fingerprint density at radius 3 is 2.68 bits per heavy atom. The van der Waals surface area contributed by atoms with Gasteiger partial charge in [-0.15, -0.1) is 0 Å². The summed E-state index contributed by atoms with van der Waals surface area (Å²) in [7, 11) is 1.37. The molecule has 0 saturated carbocycles. The van der Waals surface area contributed by atoms with Gasteiger partial charge in [0.05, 0.1) is 0 Å². The number of ether oxygens (including phenoxy) is 1. The Morgan fingerprint density at radius 1 is 1.42 bits per heavy atom. The maximum atomic E-state index is 12.4. The molecule has 2 aromatic rings. The van der Waals surface area contributed by atoms with Crippen LogP contribution in [0.1, 0.15) is 26.3 Å². The number of hydrogen-bond acceptors (Lipinski definition) is 3. The minimum atomic E-state index is -0.477. The van der Waals surface area contributed by atoms with Crippen LogP contribution in [0.3, 0.4) is 0 Å². The number of fused-ring (bicyclic) bond motifs is 1. The predicted octanol–water partition coefficient (Wildman–Crippen LogP) is 1.82. The van der Waals surface area contributed by atoms with E-state index in [1.165, 1.54) is 7.11 Å². The van der Waals surface area contributed by atoms with Crippen molar-refractivity contribution in [3.05, 3.63) is 34.6 Å². The third-order valence-electron chi connectivity index (χ3n) is 3.39. The van der Waals surface area contributed by atoms with E-state index in [1.54, 1.807) is 3.56 Å². The number of nitrogens with zero attached hydrogens (tertiary/aromatic N) is 1. The summed E-state index contributed by atoms with van der Waals surface area (Å²) in [6.07, 6.45) is 0.829. The van der Waals surface area contributed by atoms with E-state index < -0.39 is 6.04 Å². The Labute approximate surface area is 118 Å². The van der Waals surface area contributed by atoms with Crippen LogP contribution in [-0.2, 0) is 9.53 Å². The maximum absolute atomic E-state index is 12.4.